The molecule has 0 spiro atoms. The molecule has 21 heavy (non-hydrogen) atoms. The Morgan fingerprint density at radius 1 is 1.24 bits per heavy atom. The molecule has 0 radical (unpaired) electrons. The molecule has 2 N–H and O–H groups in total. The molecule has 1 saturated heterocycles. The van der Waals surface area contributed by atoms with E-state index in [1.807, 2.05) is 0 Å². The summed E-state index contributed by atoms with van der Waals surface area (Å²) in [5, 5.41) is 0. The lowest BCUT2D eigenvalue weighted by atomic mass is 9.78. The van der Waals surface area contributed by atoms with Gasteiger partial charge in [0, 0.05) is 19.1 Å². The Labute approximate surface area is 128 Å². The number of rotatable bonds is 1. The average molecular weight is 317 g/mol. The number of carbonyl (C=O) groups is 1. The van der Waals surface area contributed by atoms with E-state index in [4.69, 9.17) is 5.73 Å². The number of nitrogens with two attached hydrogens (primary N) is 1. The van der Waals surface area contributed by atoms with Crippen LogP contribution in [-0.2, 0) is 0 Å². The number of halogens is 3. The van der Waals surface area contributed by atoms with E-state index in [-0.39, 0.29) is 24.0 Å². The molecule has 6 heteroatoms. The quantitative estimate of drug-likeness (QED) is 0.865. The van der Waals surface area contributed by atoms with Gasteiger partial charge >= 0.3 is 0 Å². The van der Waals surface area contributed by atoms with Gasteiger partial charge in [-0.15, -0.1) is 12.4 Å². The predicted molar refractivity (Wildman–Crippen MR) is 78.3 cm³/mol. The van der Waals surface area contributed by atoms with Crippen LogP contribution in [0.1, 0.15) is 29.6 Å². The van der Waals surface area contributed by atoms with Gasteiger partial charge in [-0.3, -0.25) is 4.79 Å². The maximum atomic E-state index is 13.7. The second-order valence-corrected chi connectivity index (χ2v) is 5.85. The van der Waals surface area contributed by atoms with E-state index in [1.165, 1.54) is 0 Å². The third-order valence-corrected chi connectivity index (χ3v) is 4.60. The van der Waals surface area contributed by atoms with Crippen molar-refractivity contribution >= 4 is 18.3 Å². The van der Waals surface area contributed by atoms with E-state index in [2.05, 4.69) is 0 Å². The van der Waals surface area contributed by atoms with Gasteiger partial charge in [-0.1, -0.05) is 6.42 Å². The zero-order valence-electron chi connectivity index (χ0n) is 11.6. The summed E-state index contributed by atoms with van der Waals surface area (Å²) >= 11 is 0. The van der Waals surface area contributed by atoms with Crippen LogP contribution < -0.4 is 5.73 Å². The molecule has 1 heterocycles. The van der Waals surface area contributed by atoms with Crippen molar-refractivity contribution in [3.63, 3.8) is 0 Å². The van der Waals surface area contributed by atoms with Gasteiger partial charge in [0.05, 0.1) is 5.56 Å². The highest BCUT2D eigenvalue weighted by molar-refractivity contribution is 5.94. The fourth-order valence-corrected chi connectivity index (χ4v) is 3.51. The summed E-state index contributed by atoms with van der Waals surface area (Å²) in [4.78, 5) is 14.0. The van der Waals surface area contributed by atoms with Crippen LogP contribution in [0.15, 0.2) is 18.2 Å². The smallest absolute Gasteiger partial charge is 0.256 e. The lowest BCUT2D eigenvalue weighted by molar-refractivity contribution is 0.0778. The van der Waals surface area contributed by atoms with Crippen molar-refractivity contribution in [1.82, 2.24) is 4.90 Å². The van der Waals surface area contributed by atoms with Gasteiger partial charge in [0.2, 0.25) is 0 Å². The number of benzene rings is 1. The number of hydrogen-bond donors (Lipinski definition) is 1. The molecule has 3 nitrogen and oxygen atoms in total. The molecule has 1 aliphatic carbocycles. The van der Waals surface area contributed by atoms with E-state index in [0.29, 0.717) is 24.9 Å². The molecular weight excluding hydrogens is 298 g/mol. The molecule has 3 unspecified atom stereocenters. The van der Waals surface area contributed by atoms with Crippen molar-refractivity contribution in [2.24, 2.45) is 17.6 Å². The molecule has 1 amide bonds. The third kappa shape index (κ3) is 3.04. The Balaban J connectivity index is 0.00000161. The second kappa shape index (κ2) is 6.28. The van der Waals surface area contributed by atoms with Crippen molar-refractivity contribution in [2.45, 2.75) is 25.3 Å². The number of nitrogens with zero attached hydrogens (tertiary/aromatic N) is 1. The van der Waals surface area contributed by atoms with Crippen LogP contribution in [0.3, 0.4) is 0 Å². The highest BCUT2D eigenvalue weighted by Crippen LogP contribution is 2.36. The monoisotopic (exact) mass is 316 g/mol. The van der Waals surface area contributed by atoms with E-state index in [9.17, 15) is 13.6 Å². The first kappa shape index (κ1) is 16.2. The molecule has 2 aliphatic rings. The summed E-state index contributed by atoms with van der Waals surface area (Å²) in [6.45, 7) is 1.16. The maximum absolute atomic E-state index is 13.7. The van der Waals surface area contributed by atoms with Crippen molar-refractivity contribution in [3.8, 4) is 0 Å². The minimum Gasteiger partial charge on any atom is -0.338 e. The Morgan fingerprint density at radius 3 is 2.71 bits per heavy atom. The Kier molecular flexibility index (Phi) is 4.84. The fraction of sp³-hybridized carbons (Fsp3) is 0.533. The zero-order chi connectivity index (χ0) is 14.3. The van der Waals surface area contributed by atoms with Crippen LogP contribution in [0.4, 0.5) is 8.78 Å². The summed E-state index contributed by atoms with van der Waals surface area (Å²) in [6.07, 6.45) is 3.13. The summed E-state index contributed by atoms with van der Waals surface area (Å²) in [7, 11) is 0. The molecule has 2 fully saturated rings. The van der Waals surface area contributed by atoms with Gasteiger partial charge in [0.15, 0.2) is 0 Å². The molecule has 3 atom stereocenters. The predicted octanol–water partition coefficient (Wildman–Crippen LogP) is 2.59. The standard InChI is InChI=1S/C15H18F2N2O.ClH/c16-10-4-5-13(17)11(6-10)15(20)19-7-9-2-1-3-14(18)12(9)8-19;/h4-6,9,12,14H,1-3,7-8,18H2;1H. The number of hydrogen-bond acceptors (Lipinski definition) is 2. The van der Waals surface area contributed by atoms with Gasteiger partial charge in [-0.25, -0.2) is 8.78 Å². The van der Waals surface area contributed by atoms with Crippen LogP contribution in [-0.4, -0.2) is 29.9 Å². The number of amides is 1. The fourth-order valence-electron chi connectivity index (χ4n) is 3.51. The molecule has 116 valence electrons. The van der Waals surface area contributed by atoms with Crippen LogP contribution in [0.5, 0.6) is 0 Å². The molecule has 1 aromatic carbocycles. The van der Waals surface area contributed by atoms with E-state index in [0.717, 1.165) is 37.5 Å². The van der Waals surface area contributed by atoms with Gasteiger partial charge in [0.25, 0.3) is 5.91 Å². The summed E-state index contributed by atoms with van der Waals surface area (Å²) in [5.41, 5.74) is 5.92. The third-order valence-electron chi connectivity index (χ3n) is 4.60. The number of fused-ring (bicyclic) bond motifs is 1. The zero-order valence-corrected chi connectivity index (χ0v) is 12.4. The molecule has 1 aromatic rings. The molecule has 0 bridgehead atoms. The van der Waals surface area contributed by atoms with Crippen LogP contribution in [0, 0.1) is 23.5 Å². The summed E-state index contributed by atoms with van der Waals surface area (Å²) in [5.74, 6) is -0.995. The maximum Gasteiger partial charge on any atom is 0.256 e. The van der Waals surface area contributed by atoms with E-state index in [1.54, 1.807) is 4.90 Å². The van der Waals surface area contributed by atoms with E-state index >= 15 is 0 Å². The van der Waals surface area contributed by atoms with Crippen molar-refractivity contribution in [1.29, 1.82) is 0 Å². The first-order chi connectivity index (χ1) is 9.56. The molecule has 0 aromatic heterocycles. The lowest BCUT2D eigenvalue weighted by Crippen LogP contribution is -2.38. The Hall–Kier alpha value is -1.20. The van der Waals surface area contributed by atoms with Gasteiger partial charge < -0.3 is 10.6 Å². The van der Waals surface area contributed by atoms with E-state index < -0.39 is 17.5 Å². The van der Waals surface area contributed by atoms with Crippen LogP contribution >= 0.6 is 12.4 Å². The topological polar surface area (TPSA) is 46.3 Å². The Bertz CT molecular complexity index is 540. The van der Waals surface area contributed by atoms with Gasteiger partial charge in [-0.2, -0.15) is 0 Å². The van der Waals surface area contributed by atoms with Crippen LogP contribution in [0.25, 0.3) is 0 Å². The normalized spacial score (nSPS) is 28.0. The number of likely N-dealkylation sites (tertiary alicyclic amines) is 1. The number of carbonyl (C=O) groups excluding carboxylic acids is 1. The van der Waals surface area contributed by atoms with Crippen molar-refractivity contribution < 1.29 is 13.6 Å². The first-order valence-electron chi connectivity index (χ1n) is 7.06. The van der Waals surface area contributed by atoms with Gasteiger partial charge in [-0.05, 0) is 42.9 Å². The highest BCUT2D eigenvalue weighted by atomic mass is 35.5. The van der Waals surface area contributed by atoms with Crippen LogP contribution in [0.2, 0.25) is 0 Å². The molecule has 1 aliphatic heterocycles. The largest absolute Gasteiger partial charge is 0.338 e. The van der Waals surface area contributed by atoms with Gasteiger partial charge in [0.1, 0.15) is 11.6 Å². The molecule has 3 rings (SSSR count). The molecular formula is C15H19ClF2N2O. The second-order valence-electron chi connectivity index (χ2n) is 5.85. The van der Waals surface area contributed by atoms with Crippen molar-refractivity contribution in [3.05, 3.63) is 35.4 Å². The summed E-state index contributed by atoms with van der Waals surface area (Å²) in [6, 6.07) is 3.10. The lowest BCUT2D eigenvalue weighted by Gasteiger charge is -2.29. The minimum atomic E-state index is -0.671. The average Bonchev–Trinajstić information content (AvgIpc) is 2.86. The molecule has 1 saturated carbocycles. The first-order valence-corrected chi connectivity index (χ1v) is 7.06. The minimum absolute atomic E-state index is 0. The highest BCUT2D eigenvalue weighted by Gasteiger charge is 2.40. The van der Waals surface area contributed by atoms with Crippen molar-refractivity contribution in [2.75, 3.05) is 13.1 Å². The SMILES string of the molecule is Cl.NC1CCCC2CN(C(=O)c3cc(F)ccc3F)CC12. The Morgan fingerprint density at radius 2 is 2.00 bits per heavy atom. The summed E-state index contributed by atoms with van der Waals surface area (Å²) < 4.78 is 26.9.